The van der Waals surface area contributed by atoms with E-state index in [2.05, 4.69) is 19.2 Å². The minimum absolute atomic E-state index is 0.166. The van der Waals surface area contributed by atoms with E-state index in [9.17, 15) is 9.59 Å². The molecule has 1 unspecified atom stereocenters. The van der Waals surface area contributed by atoms with Crippen molar-refractivity contribution in [2.24, 2.45) is 5.92 Å². The average Bonchev–Trinajstić information content (AvgIpc) is 2.44. The van der Waals surface area contributed by atoms with Crippen molar-refractivity contribution in [3.8, 4) is 0 Å². The molecular formula is C16H23NO4. The van der Waals surface area contributed by atoms with E-state index in [1.165, 1.54) is 12.1 Å². The molecule has 116 valence electrons. The second kappa shape index (κ2) is 8.42. The molecule has 0 aliphatic heterocycles. The van der Waals surface area contributed by atoms with E-state index in [0.29, 0.717) is 19.1 Å². The second-order valence-corrected chi connectivity index (χ2v) is 5.42. The molecule has 5 heteroatoms. The third kappa shape index (κ3) is 6.40. The summed E-state index contributed by atoms with van der Waals surface area (Å²) in [5, 5.41) is 11.6. The van der Waals surface area contributed by atoms with Crippen molar-refractivity contribution in [1.82, 2.24) is 5.32 Å². The predicted molar refractivity (Wildman–Crippen MR) is 80.1 cm³/mol. The van der Waals surface area contributed by atoms with Gasteiger partial charge in [-0.3, -0.25) is 4.79 Å². The zero-order valence-corrected chi connectivity index (χ0v) is 12.8. The maximum absolute atomic E-state index is 11.8. The van der Waals surface area contributed by atoms with Crippen molar-refractivity contribution >= 4 is 11.9 Å². The molecule has 1 aromatic carbocycles. The van der Waals surface area contributed by atoms with E-state index < -0.39 is 12.1 Å². The smallest absolute Gasteiger partial charge is 0.335 e. The fourth-order valence-electron chi connectivity index (χ4n) is 1.65. The molecule has 1 aromatic rings. The minimum Gasteiger partial charge on any atom is -0.478 e. The molecular weight excluding hydrogens is 270 g/mol. The van der Waals surface area contributed by atoms with Crippen LogP contribution in [0.1, 0.15) is 43.1 Å². The number of nitrogens with one attached hydrogen (secondary N) is 1. The number of carboxylic acids is 1. The van der Waals surface area contributed by atoms with Crippen LogP contribution in [0.4, 0.5) is 0 Å². The fraction of sp³-hybridized carbons (Fsp3) is 0.500. The fourth-order valence-corrected chi connectivity index (χ4v) is 1.65. The van der Waals surface area contributed by atoms with Crippen LogP contribution in [0.3, 0.4) is 0 Å². The Morgan fingerprint density at radius 2 is 1.81 bits per heavy atom. The van der Waals surface area contributed by atoms with Gasteiger partial charge in [-0.1, -0.05) is 26.0 Å². The van der Waals surface area contributed by atoms with Crippen molar-refractivity contribution in [2.45, 2.75) is 39.8 Å². The molecule has 0 bridgehead atoms. The van der Waals surface area contributed by atoms with Gasteiger partial charge in [-0.15, -0.1) is 0 Å². The molecule has 2 N–H and O–H groups in total. The number of rotatable bonds is 8. The summed E-state index contributed by atoms with van der Waals surface area (Å²) in [6.45, 7) is 6.86. The van der Waals surface area contributed by atoms with Crippen LogP contribution in [0.2, 0.25) is 0 Å². The quantitative estimate of drug-likeness (QED) is 0.772. The molecule has 0 spiro atoms. The van der Waals surface area contributed by atoms with Crippen LogP contribution in [0.5, 0.6) is 0 Å². The highest BCUT2D eigenvalue weighted by Crippen LogP contribution is 2.05. The summed E-state index contributed by atoms with van der Waals surface area (Å²) >= 11 is 0. The normalized spacial score (nSPS) is 12.2. The molecule has 0 aliphatic carbocycles. The molecule has 1 rings (SSSR count). The number of carboxylic acid groups (broad SMARTS) is 1. The number of amides is 1. The molecule has 0 fully saturated rings. The first-order chi connectivity index (χ1) is 9.90. The molecule has 1 atom stereocenters. The van der Waals surface area contributed by atoms with Gasteiger partial charge in [0.15, 0.2) is 0 Å². The van der Waals surface area contributed by atoms with Crippen LogP contribution in [0.15, 0.2) is 24.3 Å². The summed E-state index contributed by atoms with van der Waals surface area (Å²) in [6.07, 6.45) is 0.441. The van der Waals surface area contributed by atoms with E-state index in [-0.39, 0.29) is 11.5 Å². The van der Waals surface area contributed by atoms with Crippen LogP contribution < -0.4 is 5.32 Å². The number of benzene rings is 1. The third-order valence-corrected chi connectivity index (χ3v) is 3.10. The van der Waals surface area contributed by atoms with Crippen LogP contribution in [0.25, 0.3) is 0 Å². The Hall–Kier alpha value is -1.88. The van der Waals surface area contributed by atoms with Crippen molar-refractivity contribution in [3.63, 3.8) is 0 Å². The van der Waals surface area contributed by atoms with Crippen molar-refractivity contribution < 1.29 is 19.4 Å². The standard InChI is InChI=1S/C16H23NO4/c1-11(2)8-9-21-12(3)15(18)17-10-13-4-6-14(7-5-13)16(19)20/h4-7,11-12H,8-10H2,1-3H3,(H,17,18)(H,19,20). The topological polar surface area (TPSA) is 75.6 Å². The summed E-state index contributed by atoms with van der Waals surface area (Å²) < 4.78 is 5.46. The van der Waals surface area contributed by atoms with E-state index in [0.717, 1.165) is 12.0 Å². The van der Waals surface area contributed by atoms with E-state index in [4.69, 9.17) is 9.84 Å². The first-order valence-electron chi connectivity index (χ1n) is 7.11. The van der Waals surface area contributed by atoms with Gasteiger partial charge in [-0.25, -0.2) is 4.79 Å². The van der Waals surface area contributed by atoms with Crippen molar-refractivity contribution in [1.29, 1.82) is 0 Å². The Morgan fingerprint density at radius 1 is 1.19 bits per heavy atom. The molecule has 0 aliphatic rings. The van der Waals surface area contributed by atoms with Crippen LogP contribution in [-0.2, 0) is 16.1 Å². The summed E-state index contributed by atoms with van der Waals surface area (Å²) in [5.41, 5.74) is 1.08. The van der Waals surface area contributed by atoms with Gasteiger partial charge in [0.25, 0.3) is 0 Å². The average molecular weight is 293 g/mol. The van der Waals surface area contributed by atoms with Crippen molar-refractivity contribution in [3.05, 3.63) is 35.4 Å². The van der Waals surface area contributed by atoms with Gasteiger partial charge in [-0.2, -0.15) is 0 Å². The van der Waals surface area contributed by atoms with Gasteiger partial charge in [0.05, 0.1) is 5.56 Å². The molecule has 5 nitrogen and oxygen atoms in total. The molecule has 0 saturated heterocycles. The first-order valence-corrected chi connectivity index (χ1v) is 7.11. The van der Waals surface area contributed by atoms with Gasteiger partial charge < -0.3 is 15.2 Å². The Balaban J connectivity index is 2.36. The zero-order chi connectivity index (χ0) is 15.8. The maximum Gasteiger partial charge on any atom is 0.335 e. The van der Waals surface area contributed by atoms with Gasteiger partial charge in [0, 0.05) is 13.2 Å². The lowest BCUT2D eigenvalue weighted by Crippen LogP contribution is -2.34. The number of carbonyl (C=O) groups is 2. The Morgan fingerprint density at radius 3 is 2.33 bits per heavy atom. The number of carbonyl (C=O) groups excluding carboxylic acids is 1. The maximum atomic E-state index is 11.8. The van der Waals surface area contributed by atoms with Gasteiger partial charge in [0.2, 0.25) is 5.91 Å². The summed E-state index contributed by atoms with van der Waals surface area (Å²) in [5.74, 6) is -0.577. The lowest BCUT2D eigenvalue weighted by molar-refractivity contribution is -0.132. The van der Waals surface area contributed by atoms with Crippen LogP contribution in [0, 0.1) is 5.92 Å². The van der Waals surface area contributed by atoms with E-state index in [1.807, 2.05) is 0 Å². The largest absolute Gasteiger partial charge is 0.478 e. The highest BCUT2D eigenvalue weighted by atomic mass is 16.5. The van der Waals surface area contributed by atoms with Crippen molar-refractivity contribution in [2.75, 3.05) is 6.61 Å². The van der Waals surface area contributed by atoms with Gasteiger partial charge >= 0.3 is 5.97 Å². The second-order valence-electron chi connectivity index (χ2n) is 5.42. The molecule has 1 amide bonds. The number of ether oxygens (including phenoxy) is 1. The molecule has 0 radical (unpaired) electrons. The highest BCUT2D eigenvalue weighted by molar-refractivity contribution is 5.87. The van der Waals surface area contributed by atoms with Crippen LogP contribution >= 0.6 is 0 Å². The van der Waals surface area contributed by atoms with Gasteiger partial charge in [-0.05, 0) is 37.0 Å². The zero-order valence-electron chi connectivity index (χ0n) is 12.8. The van der Waals surface area contributed by atoms with E-state index >= 15 is 0 Å². The number of aromatic carboxylic acids is 1. The Bertz CT molecular complexity index is 468. The molecule has 21 heavy (non-hydrogen) atoms. The number of hydrogen-bond acceptors (Lipinski definition) is 3. The monoisotopic (exact) mass is 293 g/mol. The summed E-state index contributed by atoms with van der Waals surface area (Å²) in [7, 11) is 0. The SMILES string of the molecule is CC(C)CCOC(C)C(=O)NCc1ccc(C(=O)O)cc1. The van der Waals surface area contributed by atoms with Gasteiger partial charge in [0.1, 0.15) is 6.10 Å². The predicted octanol–water partition coefficient (Wildman–Crippen LogP) is 2.45. The number of hydrogen-bond donors (Lipinski definition) is 2. The van der Waals surface area contributed by atoms with Crippen LogP contribution in [-0.4, -0.2) is 29.7 Å². The van der Waals surface area contributed by atoms with E-state index in [1.54, 1.807) is 19.1 Å². The lowest BCUT2D eigenvalue weighted by atomic mass is 10.1. The Kier molecular flexibility index (Phi) is 6.88. The molecule has 0 aromatic heterocycles. The summed E-state index contributed by atoms with van der Waals surface area (Å²) in [6, 6.07) is 6.42. The third-order valence-electron chi connectivity index (χ3n) is 3.10. The highest BCUT2D eigenvalue weighted by Gasteiger charge is 2.13. The lowest BCUT2D eigenvalue weighted by Gasteiger charge is -2.14. The molecule has 0 saturated carbocycles. The Labute approximate surface area is 125 Å². The minimum atomic E-state index is -0.960. The molecule has 0 heterocycles. The summed E-state index contributed by atoms with van der Waals surface area (Å²) in [4.78, 5) is 22.6. The first kappa shape index (κ1) is 17.2.